The number of carbonyl (C=O) groups is 1. The van der Waals surface area contributed by atoms with Gasteiger partial charge in [-0.1, -0.05) is 75.7 Å². The highest BCUT2D eigenvalue weighted by atomic mass is 32.2. The molecule has 266 valence electrons. The molecule has 7 nitrogen and oxygen atoms in total. The summed E-state index contributed by atoms with van der Waals surface area (Å²) in [7, 11) is 0. The minimum absolute atomic E-state index is 0.0313. The lowest BCUT2D eigenvalue weighted by molar-refractivity contribution is -0.196. The van der Waals surface area contributed by atoms with E-state index >= 15 is 0 Å². The third-order valence-corrected chi connectivity index (χ3v) is 13.8. The molecule has 51 heavy (non-hydrogen) atoms. The second kappa shape index (κ2) is 14.7. The standard InChI is InChI=1S/C42H44O7S2/c1-26(2)32-17-14-27(3)20-36(32)48-41-39(33(40(43)49-41)21-28-15-18-34-37(22-28)46-24-44-34)42(50-30-10-6-4-7-11-30,51-31-12-8-5-9-13-31)29-16-19-35-38(23-29)47-25-45-35/h4-13,15-16,18-19,22-23,26-27,32-33,36,39,41H,14,17,20-21,24-25H2,1-3H3/t27?,32?,33-,36?,39-,41-/m1/s1. The Balaban J connectivity index is 1.30. The van der Waals surface area contributed by atoms with Crippen molar-refractivity contribution in [1.29, 1.82) is 0 Å². The van der Waals surface area contributed by atoms with Crippen LogP contribution >= 0.6 is 23.5 Å². The first-order valence-corrected chi connectivity index (χ1v) is 19.6. The summed E-state index contributed by atoms with van der Waals surface area (Å²) >= 11 is 3.49. The number of rotatable bonds is 11. The Bertz CT molecular complexity index is 1790. The van der Waals surface area contributed by atoms with Crippen molar-refractivity contribution in [3.8, 4) is 23.0 Å². The summed E-state index contributed by atoms with van der Waals surface area (Å²) in [6.45, 7) is 7.23. The lowest BCUT2D eigenvalue weighted by Crippen LogP contribution is -2.44. The van der Waals surface area contributed by atoms with Gasteiger partial charge in [-0.3, -0.25) is 4.79 Å². The predicted octanol–water partition coefficient (Wildman–Crippen LogP) is 9.72. The van der Waals surface area contributed by atoms with Gasteiger partial charge in [-0.15, -0.1) is 23.5 Å². The van der Waals surface area contributed by atoms with Crippen molar-refractivity contribution in [1.82, 2.24) is 0 Å². The van der Waals surface area contributed by atoms with Gasteiger partial charge >= 0.3 is 5.97 Å². The second-order valence-electron chi connectivity index (χ2n) is 14.4. The van der Waals surface area contributed by atoms with Gasteiger partial charge in [0.25, 0.3) is 0 Å². The van der Waals surface area contributed by atoms with Crippen molar-refractivity contribution in [2.24, 2.45) is 29.6 Å². The average molecular weight is 725 g/mol. The summed E-state index contributed by atoms with van der Waals surface area (Å²) in [5.74, 6) is 2.94. The quantitative estimate of drug-likeness (QED) is 0.0854. The van der Waals surface area contributed by atoms with Crippen LogP contribution in [0.2, 0.25) is 0 Å². The molecule has 0 amide bonds. The Morgan fingerprint density at radius 1 is 0.765 bits per heavy atom. The molecule has 1 saturated carbocycles. The fraction of sp³-hybridized carbons (Fsp3) is 0.405. The van der Waals surface area contributed by atoms with Gasteiger partial charge in [-0.25, -0.2) is 0 Å². The van der Waals surface area contributed by atoms with E-state index in [0.717, 1.165) is 33.8 Å². The molecule has 6 atom stereocenters. The molecule has 9 heteroatoms. The molecular formula is C42H44O7S2. The summed E-state index contributed by atoms with van der Waals surface area (Å²) < 4.78 is 36.1. The second-order valence-corrected chi connectivity index (χ2v) is 17.3. The Hall–Kier alpha value is -3.79. The van der Waals surface area contributed by atoms with Gasteiger partial charge in [0.05, 0.1) is 17.9 Å². The molecule has 0 aromatic heterocycles. The smallest absolute Gasteiger partial charge is 0.312 e. The molecule has 0 N–H and O–H groups in total. The highest BCUT2D eigenvalue weighted by Gasteiger charge is 2.59. The molecule has 4 aromatic carbocycles. The number of benzene rings is 4. The first-order chi connectivity index (χ1) is 24.9. The van der Waals surface area contributed by atoms with Gasteiger partial charge in [-0.05, 0) is 96.7 Å². The predicted molar refractivity (Wildman–Crippen MR) is 198 cm³/mol. The van der Waals surface area contributed by atoms with E-state index < -0.39 is 22.2 Å². The van der Waals surface area contributed by atoms with E-state index in [1.54, 1.807) is 23.5 Å². The molecule has 1 saturated heterocycles. The zero-order chi connectivity index (χ0) is 35.0. The van der Waals surface area contributed by atoms with E-state index in [-0.39, 0.29) is 25.7 Å². The number of hydrogen-bond acceptors (Lipinski definition) is 9. The normalized spacial score (nSPS) is 25.3. The molecule has 4 aliphatic rings. The van der Waals surface area contributed by atoms with Gasteiger partial charge in [0.15, 0.2) is 23.0 Å². The molecule has 3 unspecified atom stereocenters. The third-order valence-electron chi connectivity index (χ3n) is 10.7. The Labute approximate surface area is 308 Å². The summed E-state index contributed by atoms with van der Waals surface area (Å²) in [6.07, 6.45) is 2.84. The number of ether oxygens (including phenoxy) is 6. The minimum atomic E-state index is -0.810. The summed E-state index contributed by atoms with van der Waals surface area (Å²) in [5.41, 5.74) is 1.98. The zero-order valence-corrected chi connectivity index (χ0v) is 30.8. The van der Waals surface area contributed by atoms with Crippen LogP contribution in [-0.4, -0.2) is 31.9 Å². The van der Waals surface area contributed by atoms with Crippen LogP contribution in [-0.2, 0) is 24.8 Å². The van der Waals surface area contributed by atoms with E-state index in [4.69, 9.17) is 28.4 Å². The van der Waals surface area contributed by atoms with Gasteiger partial charge in [0, 0.05) is 9.79 Å². The van der Waals surface area contributed by atoms with Crippen molar-refractivity contribution in [3.05, 3.63) is 108 Å². The van der Waals surface area contributed by atoms with E-state index in [0.29, 0.717) is 47.2 Å². The largest absolute Gasteiger partial charge is 0.454 e. The first-order valence-electron chi connectivity index (χ1n) is 18.0. The maximum absolute atomic E-state index is 14.5. The van der Waals surface area contributed by atoms with Gasteiger partial charge in [0.2, 0.25) is 19.9 Å². The summed E-state index contributed by atoms with van der Waals surface area (Å²) in [5, 5.41) is 0. The maximum Gasteiger partial charge on any atom is 0.312 e. The van der Waals surface area contributed by atoms with Crippen molar-refractivity contribution in [2.45, 2.75) is 72.7 Å². The van der Waals surface area contributed by atoms with Gasteiger partial charge in [-0.2, -0.15) is 0 Å². The average Bonchev–Trinajstić information content (AvgIpc) is 3.87. The molecule has 1 aliphatic carbocycles. The summed E-state index contributed by atoms with van der Waals surface area (Å²) in [6, 6.07) is 33.0. The van der Waals surface area contributed by atoms with Crippen molar-refractivity contribution in [3.63, 3.8) is 0 Å². The third kappa shape index (κ3) is 7.05. The van der Waals surface area contributed by atoms with E-state index in [9.17, 15) is 4.79 Å². The SMILES string of the molecule is CC1CCC(C(C)C)C(O[C@@H]2OC(=O)[C@H](Cc3ccc4c(c3)OCO4)[C@H]2C(Sc2ccccc2)(Sc2ccccc2)c2ccc3c(c2)OCO3)C1. The van der Waals surface area contributed by atoms with Crippen LogP contribution in [0.15, 0.2) is 107 Å². The van der Waals surface area contributed by atoms with E-state index in [2.05, 4.69) is 81.4 Å². The fourth-order valence-corrected chi connectivity index (χ4v) is 11.4. The highest BCUT2D eigenvalue weighted by molar-refractivity contribution is 8.17. The van der Waals surface area contributed by atoms with Gasteiger partial charge < -0.3 is 28.4 Å². The topological polar surface area (TPSA) is 72.5 Å². The van der Waals surface area contributed by atoms with Crippen molar-refractivity contribution in [2.75, 3.05) is 13.6 Å². The maximum atomic E-state index is 14.5. The van der Waals surface area contributed by atoms with Crippen LogP contribution in [0.5, 0.6) is 23.0 Å². The molecule has 8 rings (SSSR count). The number of esters is 1. The van der Waals surface area contributed by atoms with Crippen LogP contribution in [0.3, 0.4) is 0 Å². The molecule has 0 radical (unpaired) electrons. The number of hydrogen-bond donors (Lipinski definition) is 0. The van der Waals surface area contributed by atoms with E-state index in [1.807, 2.05) is 36.4 Å². The Morgan fingerprint density at radius 3 is 2.02 bits per heavy atom. The molecule has 0 bridgehead atoms. The van der Waals surface area contributed by atoms with Crippen molar-refractivity contribution < 1.29 is 33.2 Å². The molecule has 2 fully saturated rings. The lowest BCUT2D eigenvalue weighted by atomic mass is 9.75. The molecular weight excluding hydrogens is 681 g/mol. The van der Waals surface area contributed by atoms with Crippen molar-refractivity contribution >= 4 is 29.5 Å². The zero-order valence-electron chi connectivity index (χ0n) is 29.2. The fourth-order valence-electron chi connectivity index (χ4n) is 8.05. The molecule has 0 spiro atoms. The molecule has 3 aliphatic heterocycles. The van der Waals surface area contributed by atoms with Crippen LogP contribution in [0.4, 0.5) is 0 Å². The van der Waals surface area contributed by atoms with Gasteiger partial charge in [0.1, 0.15) is 4.08 Å². The number of fused-ring (bicyclic) bond motifs is 2. The van der Waals surface area contributed by atoms with Crippen LogP contribution in [0.25, 0.3) is 0 Å². The highest BCUT2D eigenvalue weighted by Crippen LogP contribution is 2.63. The monoisotopic (exact) mass is 724 g/mol. The molecule has 4 aromatic rings. The minimum Gasteiger partial charge on any atom is -0.454 e. The lowest BCUT2D eigenvalue weighted by Gasteiger charge is -2.44. The van der Waals surface area contributed by atoms with E-state index in [1.165, 1.54) is 6.42 Å². The Kier molecular flexibility index (Phi) is 9.87. The number of carbonyl (C=O) groups excluding carboxylic acids is 1. The number of thioether (sulfide) groups is 2. The Morgan fingerprint density at radius 2 is 1.37 bits per heavy atom. The number of cyclic esters (lactones) is 1. The summed E-state index contributed by atoms with van der Waals surface area (Å²) in [4.78, 5) is 16.7. The van der Waals surface area contributed by atoms with Crippen LogP contribution in [0, 0.1) is 29.6 Å². The molecule has 3 heterocycles. The van der Waals surface area contributed by atoms with Crippen LogP contribution in [0.1, 0.15) is 51.2 Å². The van der Waals surface area contributed by atoms with Crippen LogP contribution < -0.4 is 18.9 Å². The first kappa shape index (κ1) is 34.3.